The highest BCUT2D eigenvalue weighted by Crippen LogP contribution is 2.40. The van der Waals surface area contributed by atoms with Crippen molar-refractivity contribution in [1.82, 2.24) is 0 Å². The summed E-state index contributed by atoms with van der Waals surface area (Å²) in [6, 6.07) is 7.09. The lowest BCUT2D eigenvalue weighted by Crippen LogP contribution is -2.19. The van der Waals surface area contributed by atoms with E-state index in [-0.39, 0.29) is 22.4 Å². The van der Waals surface area contributed by atoms with Crippen molar-refractivity contribution >= 4 is 28.7 Å². The van der Waals surface area contributed by atoms with E-state index in [1.165, 1.54) is 11.3 Å². The average Bonchev–Trinajstić information content (AvgIpc) is 2.82. The molecule has 1 aromatic carbocycles. The number of phenols is 1. The Morgan fingerprint density at radius 2 is 1.48 bits per heavy atom. The highest BCUT2D eigenvalue weighted by Gasteiger charge is 2.28. The largest absolute Gasteiger partial charge is 0.507 e. The van der Waals surface area contributed by atoms with Crippen LogP contribution in [0.3, 0.4) is 0 Å². The quantitative estimate of drug-likeness (QED) is 0.681. The van der Waals surface area contributed by atoms with Gasteiger partial charge in [-0.1, -0.05) is 53.1 Å². The predicted octanol–water partition coefficient (Wildman–Crippen LogP) is 5.93. The van der Waals surface area contributed by atoms with Crippen molar-refractivity contribution < 1.29 is 9.90 Å². The minimum Gasteiger partial charge on any atom is -0.507 e. The molecular formula is C19H23ClO2S. The second-order valence-electron chi connectivity index (χ2n) is 7.85. The molecule has 0 radical (unpaired) electrons. The Kier molecular flexibility index (Phi) is 4.67. The van der Waals surface area contributed by atoms with Gasteiger partial charge in [-0.2, -0.15) is 0 Å². The maximum Gasteiger partial charge on any atom is 0.203 e. The van der Waals surface area contributed by atoms with E-state index in [2.05, 4.69) is 0 Å². The number of ketones is 1. The highest BCUT2D eigenvalue weighted by molar-refractivity contribution is 7.18. The van der Waals surface area contributed by atoms with Crippen molar-refractivity contribution in [2.75, 3.05) is 0 Å². The molecule has 1 aromatic heterocycles. The Hall–Kier alpha value is -1.32. The van der Waals surface area contributed by atoms with E-state index in [4.69, 9.17) is 11.6 Å². The van der Waals surface area contributed by atoms with Crippen LogP contribution in [0.5, 0.6) is 5.75 Å². The van der Waals surface area contributed by atoms with Crippen LogP contribution in [0.4, 0.5) is 0 Å². The van der Waals surface area contributed by atoms with Crippen LogP contribution in [0.1, 0.15) is 67.9 Å². The first-order chi connectivity index (χ1) is 10.4. The Labute approximate surface area is 147 Å². The van der Waals surface area contributed by atoms with Gasteiger partial charge in [0, 0.05) is 16.7 Å². The normalized spacial score (nSPS) is 12.5. The number of rotatable bonds is 2. The molecule has 2 nitrogen and oxygen atoms in total. The van der Waals surface area contributed by atoms with Crippen molar-refractivity contribution in [3.63, 3.8) is 0 Å². The van der Waals surface area contributed by atoms with Gasteiger partial charge in [-0.05, 0) is 35.1 Å². The highest BCUT2D eigenvalue weighted by atomic mass is 35.5. The lowest BCUT2D eigenvalue weighted by atomic mass is 9.78. The van der Waals surface area contributed by atoms with Crippen LogP contribution in [-0.2, 0) is 10.8 Å². The molecule has 0 amide bonds. The molecule has 0 saturated carbocycles. The number of hydrogen-bond donors (Lipinski definition) is 1. The first kappa shape index (κ1) is 18.0. The number of carbonyl (C=O) groups excluding carboxylic acids is 1. The second kappa shape index (κ2) is 5.95. The van der Waals surface area contributed by atoms with E-state index in [0.717, 1.165) is 11.1 Å². The van der Waals surface area contributed by atoms with Crippen molar-refractivity contribution in [1.29, 1.82) is 0 Å². The fourth-order valence-corrected chi connectivity index (χ4v) is 3.49. The Morgan fingerprint density at radius 3 is 1.83 bits per heavy atom. The van der Waals surface area contributed by atoms with Gasteiger partial charge < -0.3 is 5.11 Å². The van der Waals surface area contributed by atoms with Gasteiger partial charge in [0.25, 0.3) is 0 Å². The van der Waals surface area contributed by atoms with E-state index >= 15 is 0 Å². The monoisotopic (exact) mass is 350 g/mol. The topological polar surface area (TPSA) is 37.3 Å². The summed E-state index contributed by atoms with van der Waals surface area (Å²) in [5, 5.41) is 10.7. The molecule has 1 N–H and O–H groups in total. The summed E-state index contributed by atoms with van der Waals surface area (Å²) in [6.45, 7) is 12.2. The predicted molar refractivity (Wildman–Crippen MR) is 98.3 cm³/mol. The van der Waals surface area contributed by atoms with Crippen LogP contribution >= 0.6 is 22.9 Å². The molecule has 2 rings (SSSR count). The van der Waals surface area contributed by atoms with Gasteiger partial charge in [0.15, 0.2) is 0 Å². The molecule has 2 aromatic rings. The zero-order valence-corrected chi connectivity index (χ0v) is 16.0. The fourth-order valence-electron chi connectivity index (χ4n) is 2.49. The zero-order chi connectivity index (χ0) is 17.6. The third-order valence-electron chi connectivity index (χ3n) is 3.79. The van der Waals surface area contributed by atoms with Crippen LogP contribution in [0.25, 0.3) is 0 Å². The molecule has 0 fully saturated rings. The van der Waals surface area contributed by atoms with Gasteiger partial charge in [0.1, 0.15) is 5.75 Å². The molecule has 0 unspecified atom stereocenters. The fraction of sp³-hybridized carbons (Fsp3) is 0.421. The number of phenolic OH excluding ortho intramolecular Hbond substituents is 1. The van der Waals surface area contributed by atoms with Gasteiger partial charge in [-0.15, -0.1) is 11.3 Å². The molecule has 1 heterocycles. The summed E-state index contributed by atoms with van der Waals surface area (Å²) in [5.41, 5.74) is 1.66. The zero-order valence-electron chi connectivity index (χ0n) is 14.5. The molecule has 0 aliphatic carbocycles. The van der Waals surface area contributed by atoms with Crippen LogP contribution in [0.15, 0.2) is 24.3 Å². The summed E-state index contributed by atoms with van der Waals surface area (Å²) in [7, 11) is 0. The van der Waals surface area contributed by atoms with E-state index < -0.39 is 0 Å². The Balaban J connectivity index is 2.67. The summed E-state index contributed by atoms with van der Waals surface area (Å²) < 4.78 is 0.596. The molecule has 0 bridgehead atoms. The number of thiophene rings is 1. The van der Waals surface area contributed by atoms with Gasteiger partial charge in [-0.25, -0.2) is 0 Å². The standard InChI is InChI=1S/C19H23ClO2S/c1-18(2,3)12-9-11(10-13(17(12)22)19(4,5)6)16(21)14-7-8-15(20)23-14/h7-10,22H,1-6H3. The smallest absolute Gasteiger partial charge is 0.203 e. The van der Waals surface area contributed by atoms with Gasteiger partial charge in [0.05, 0.1) is 9.21 Å². The minimum absolute atomic E-state index is 0.0575. The third kappa shape index (κ3) is 3.78. The van der Waals surface area contributed by atoms with E-state index in [1.807, 2.05) is 41.5 Å². The van der Waals surface area contributed by atoms with Gasteiger partial charge >= 0.3 is 0 Å². The summed E-state index contributed by atoms with van der Waals surface area (Å²) in [5.74, 6) is 0.226. The minimum atomic E-state index is -0.256. The molecule has 4 heteroatoms. The summed E-state index contributed by atoms with van der Waals surface area (Å²) in [6.07, 6.45) is 0. The number of aromatic hydroxyl groups is 1. The number of hydrogen-bond acceptors (Lipinski definition) is 3. The van der Waals surface area contributed by atoms with E-state index in [1.54, 1.807) is 24.3 Å². The summed E-state index contributed by atoms with van der Waals surface area (Å²) >= 11 is 7.23. The molecule has 124 valence electrons. The molecule has 0 atom stereocenters. The molecular weight excluding hydrogens is 328 g/mol. The number of carbonyl (C=O) groups is 1. The summed E-state index contributed by atoms with van der Waals surface area (Å²) in [4.78, 5) is 13.4. The maximum absolute atomic E-state index is 12.8. The first-order valence-electron chi connectivity index (χ1n) is 7.59. The van der Waals surface area contributed by atoms with Gasteiger partial charge in [0.2, 0.25) is 5.78 Å². The van der Waals surface area contributed by atoms with Crippen molar-refractivity contribution in [2.24, 2.45) is 0 Å². The third-order valence-corrected chi connectivity index (χ3v) is 5.02. The molecule has 0 spiro atoms. The average molecular weight is 351 g/mol. The molecule has 0 aliphatic heterocycles. The van der Waals surface area contributed by atoms with E-state index in [9.17, 15) is 9.90 Å². The lowest BCUT2D eigenvalue weighted by molar-refractivity contribution is 0.104. The Bertz CT molecular complexity index is 710. The van der Waals surface area contributed by atoms with Crippen molar-refractivity contribution in [3.05, 3.63) is 50.2 Å². The van der Waals surface area contributed by atoms with Crippen molar-refractivity contribution in [2.45, 2.75) is 52.4 Å². The number of benzene rings is 1. The Morgan fingerprint density at radius 1 is 1.00 bits per heavy atom. The number of halogens is 1. The van der Waals surface area contributed by atoms with Crippen molar-refractivity contribution in [3.8, 4) is 5.75 Å². The van der Waals surface area contributed by atoms with E-state index in [0.29, 0.717) is 14.8 Å². The van der Waals surface area contributed by atoms with Crippen LogP contribution in [0, 0.1) is 0 Å². The molecule has 0 saturated heterocycles. The lowest BCUT2D eigenvalue weighted by Gasteiger charge is -2.28. The molecule has 0 aliphatic rings. The second-order valence-corrected chi connectivity index (χ2v) is 9.57. The first-order valence-corrected chi connectivity index (χ1v) is 8.78. The van der Waals surface area contributed by atoms with Crippen LogP contribution in [0.2, 0.25) is 4.34 Å². The molecule has 23 heavy (non-hydrogen) atoms. The van der Waals surface area contributed by atoms with Crippen LogP contribution < -0.4 is 0 Å². The SMILES string of the molecule is CC(C)(C)c1cc(C(=O)c2ccc(Cl)s2)cc(C(C)(C)C)c1O. The maximum atomic E-state index is 12.8. The van der Waals surface area contributed by atoms with Gasteiger partial charge in [-0.3, -0.25) is 4.79 Å². The van der Waals surface area contributed by atoms with Crippen LogP contribution in [-0.4, -0.2) is 10.9 Å².